The second-order valence-electron chi connectivity index (χ2n) is 5.10. The molecule has 0 saturated heterocycles. The molecule has 0 aromatic carbocycles. The first-order valence-corrected chi connectivity index (χ1v) is 7.25. The number of thioether (sulfide) groups is 1. The number of aryl methyl sites for hydroxylation is 1. The van der Waals surface area contributed by atoms with Gasteiger partial charge in [0, 0.05) is 29.2 Å². The Bertz CT molecular complexity index is 373. The van der Waals surface area contributed by atoms with Crippen LogP contribution < -0.4 is 5.32 Å². The van der Waals surface area contributed by atoms with Crippen LogP contribution in [0.5, 0.6) is 0 Å². The zero-order valence-corrected chi connectivity index (χ0v) is 12.4. The average molecular weight is 269 g/mol. The summed E-state index contributed by atoms with van der Waals surface area (Å²) in [7, 11) is 0. The fourth-order valence-corrected chi connectivity index (χ4v) is 2.84. The fraction of sp³-hybridized carbons (Fsp3) is 0.692. The second kappa shape index (κ2) is 7.07. The Morgan fingerprint density at radius 1 is 1.50 bits per heavy atom. The number of hydrogen-bond donors (Lipinski definition) is 2. The summed E-state index contributed by atoms with van der Waals surface area (Å²) in [4.78, 5) is 8.56. The van der Waals surface area contributed by atoms with Crippen LogP contribution in [-0.2, 0) is 0 Å². The Morgan fingerprint density at radius 3 is 2.78 bits per heavy atom. The monoisotopic (exact) mass is 269 g/mol. The quantitative estimate of drug-likeness (QED) is 0.586. The zero-order chi connectivity index (χ0) is 13.6. The van der Waals surface area contributed by atoms with Gasteiger partial charge in [-0.05, 0) is 26.3 Å². The zero-order valence-electron chi connectivity index (χ0n) is 11.6. The predicted octanol–water partition coefficient (Wildman–Crippen LogP) is 2.02. The maximum absolute atomic E-state index is 9.47. The van der Waals surface area contributed by atoms with Crippen molar-refractivity contribution in [3.63, 3.8) is 0 Å². The van der Waals surface area contributed by atoms with Gasteiger partial charge in [-0.25, -0.2) is 9.97 Å². The highest BCUT2D eigenvalue weighted by Gasteiger charge is 2.23. The number of nitrogens with zero attached hydrogens (tertiary/aromatic N) is 2. The van der Waals surface area contributed by atoms with Gasteiger partial charge in [-0.2, -0.15) is 0 Å². The lowest BCUT2D eigenvalue weighted by Gasteiger charge is -2.31. The van der Waals surface area contributed by atoms with E-state index < -0.39 is 0 Å². The van der Waals surface area contributed by atoms with Gasteiger partial charge in [-0.1, -0.05) is 25.6 Å². The molecule has 0 aliphatic heterocycles. The summed E-state index contributed by atoms with van der Waals surface area (Å²) in [6.07, 6.45) is 2.66. The van der Waals surface area contributed by atoms with Crippen LogP contribution >= 0.6 is 11.8 Å². The van der Waals surface area contributed by atoms with Crippen molar-refractivity contribution in [2.45, 2.75) is 50.9 Å². The highest BCUT2D eigenvalue weighted by Crippen LogP contribution is 2.19. The van der Waals surface area contributed by atoms with Crippen molar-refractivity contribution in [2.24, 2.45) is 0 Å². The molecule has 1 rings (SSSR count). The highest BCUT2D eigenvalue weighted by molar-refractivity contribution is 7.99. The van der Waals surface area contributed by atoms with Gasteiger partial charge in [0.1, 0.15) is 0 Å². The first kappa shape index (κ1) is 15.4. The molecule has 1 unspecified atom stereocenters. The van der Waals surface area contributed by atoms with Crippen LogP contribution in [0, 0.1) is 6.92 Å². The molecule has 2 N–H and O–H groups in total. The van der Waals surface area contributed by atoms with Crippen LogP contribution in [0.2, 0.25) is 0 Å². The van der Waals surface area contributed by atoms with Crippen molar-refractivity contribution < 1.29 is 5.11 Å². The average Bonchev–Trinajstić information content (AvgIpc) is 2.28. The van der Waals surface area contributed by atoms with Crippen LogP contribution in [-0.4, -0.2) is 39.0 Å². The minimum Gasteiger partial charge on any atom is -0.394 e. The predicted molar refractivity (Wildman–Crippen MR) is 75.9 cm³/mol. The maximum atomic E-state index is 9.47. The molecule has 0 amide bonds. The van der Waals surface area contributed by atoms with Crippen molar-refractivity contribution in [1.82, 2.24) is 15.3 Å². The number of aliphatic hydroxyl groups excluding tert-OH is 1. The van der Waals surface area contributed by atoms with E-state index in [1.807, 2.05) is 19.9 Å². The topological polar surface area (TPSA) is 58.0 Å². The second-order valence-corrected chi connectivity index (χ2v) is 6.16. The van der Waals surface area contributed by atoms with Gasteiger partial charge in [-0.15, -0.1) is 0 Å². The molecule has 18 heavy (non-hydrogen) atoms. The van der Waals surface area contributed by atoms with Gasteiger partial charge in [-0.3, -0.25) is 0 Å². The summed E-state index contributed by atoms with van der Waals surface area (Å²) < 4.78 is 0. The molecule has 1 aromatic heterocycles. The summed E-state index contributed by atoms with van der Waals surface area (Å²) in [6.45, 7) is 8.32. The van der Waals surface area contributed by atoms with Crippen molar-refractivity contribution in [3.05, 3.63) is 18.0 Å². The van der Waals surface area contributed by atoms with Gasteiger partial charge in [0.15, 0.2) is 5.16 Å². The molecule has 5 heteroatoms. The Balaban J connectivity index is 2.44. The fourth-order valence-electron chi connectivity index (χ4n) is 1.76. The molecule has 0 aliphatic rings. The standard InChI is InChI=1S/C13H23N3OS/c1-10(2)16-13(4,9-17)6-8-18-12-14-7-5-11(3)15-12/h5,7,10,16-17H,6,8-9H2,1-4H3. The van der Waals surface area contributed by atoms with Gasteiger partial charge in [0.05, 0.1) is 6.61 Å². The van der Waals surface area contributed by atoms with Crippen LogP contribution in [0.1, 0.15) is 32.9 Å². The van der Waals surface area contributed by atoms with Crippen molar-refractivity contribution >= 4 is 11.8 Å². The number of aliphatic hydroxyl groups is 1. The van der Waals surface area contributed by atoms with Crippen LogP contribution in [0.25, 0.3) is 0 Å². The molecule has 4 nitrogen and oxygen atoms in total. The minimum absolute atomic E-state index is 0.139. The Hall–Kier alpha value is -0.650. The van der Waals surface area contributed by atoms with E-state index in [0.717, 1.165) is 23.0 Å². The lowest BCUT2D eigenvalue weighted by molar-refractivity contribution is 0.162. The largest absolute Gasteiger partial charge is 0.394 e. The highest BCUT2D eigenvalue weighted by atomic mass is 32.2. The molecule has 0 saturated carbocycles. The van der Waals surface area contributed by atoms with E-state index in [9.17, 15) is 5.11 Å². The first-order chi connectivity index (χ1) is 8.45. The van der Waals surface area contributed by atoms with Crippen LogP contribution in [0.3, 0.4) is 0 Å². The normalized spacial score (nSPS) is 14.8. The van der Waals surface area contributed by atoms with Crippen molar-refractivity contribution in [1.29, 1.82) is 0 Å². The van der Waals surface area contributed by atoms with Crippen LogP contribution in [0.15, 0.2) is 17.4 Å². The van der Waals surface area contributed by atoms with E-state index in [1.165, 1.54) is 0 Å². The summed E-state index contributed by atoms with van der Waals surface area (Å²) >= 11 is 1.63. The number of aromatic nitrogens is 2. The molecule has 0 radical (unpaired) electrons. The summed E-state index contributed by atoms with van der Waals surface area (Å²) in [6, 6.07) is 2.25. The van der Waals surface area contributed by atoms with E-state index in [1.54, 1.807) is 18.0 Å². The van der Waals surface area contributed by atoms with E-state index in [0.29, 0.717) is 6.04 Å². The lowest BCUT2D eigenvalue weighted by atomic mass is 9.99. The van der Waals surface area contributed by atoms with E-state index >= 15 is 0 Å². The molecular weight excluding hydrogens is 246 g/mol. The molecule has 102 valence electrons. The summed E-state index contributed by atoms with van der Waals surface area (Å²) in [5, 5.41) is 13.7. The lowest BCUT2D eigenvalue weighted by Crippen LogP contribution is -2.49. The SMILES string of the molecule is Cc1ccnc(SCCC(C)(CO)NC(C)C)n1. The van der Waals surface area contributed by atoms with Crippen molar-refractivity contribution in [2.75, 3.05) is 12.4 Å². The molecule has 0 spiro atoms. The van der Waals surface area contributed by atoms with Gasteiger partial charge in [0.25, 0.3) is 0 Å². The maximum Gasteiger partial charge on any atom is 0.187 e. The Labute approximate surface area is 114 Å². The summed E-state index contributed by atoms with van der Waals surface area (Å²) in [5.41, 5.74) is 0.753. The Morgan fingerprint density at radius 2 is 2.22 bits per heavy atom. The molecule has 0 aliphatic carbocycles. The first-order valence-electron chi connectivity index (χ1n) is 6.26. The third-order valence-corrected chi connectivity index (χ3v) is 3.51. The van der Waals surface area contributed by atoms with E-state index in [-0.39, 0.29) is 12.1 Å². The number of nitrogens with one attached hydrogen (secondary N) is 1. The van der Waals surface area contributed by atoms with E-state index in [2.05, 4.69) is 29.1 Å². The molecule has 1 atom stereocenters. The number of hydrogen-bond acceptors (Lipinski definition) is 5. The molecular formula is C13H23N3OS. The molecule has 1 heterocycles. The summed E-state index contributed by atoms with van der Waals surface area (Å²) in [5.74, 6) is 0.889. The minimum atomic E-state index is -0.231. The third kappa shape index (κ3) is 5.33. The van der Waals surface area contributed by atoms with Gasteiger partial charge in [0.2, 0.25) is 0 Å². The Kier molecular flexibility index (Phi) is 6.05. The van der Waals surface area contributed by atoms with Crippen LogP contribution in [0.4, 0.5) is 0 Å². The van der Waals surface area contributed by atoms with Gasteiger partial charge >= 0.3 is 0 Å². The molecule has 0 fully saturated rings. The molecule has 0 bridgehead atoms. The third-order valence-electron chi connectivity index (χ3n) is 2.64. The number of rotatable bonds is 7. The van der Waals surface area contributed by atoms with Crippen molar-refractivity contribution in [3.8, 4) is 0 Å². The smallest absolute Gasteiger partial charge is 0.187 e. The molecule has 1 aromatic rings. The van der Waals surface area contributed by atoms with E-state index in [4.69, 9.17) is 0 Å². The van der Waals surface area contributed by atoms with Gasteiger partial charge < -0.3 is 10.4 Å².